The molecule has 2 fully saturated rings. The molecule has 4 N–H and O–H groups in total. The number of benzene rings is 2. The molecule has 0 unspecified atom stereocenters. The van der Waals surface area contributed by atoms with Crippen LogP contribution in [0.15, 0.2) is 18.2 Å². The fraction of sp³-hybridized carbons (Fsp3) is 0.385. The smallest absolute Gasteiger partial charge is 0.318 e. The summed E-state index contributed by atoms with van der Waals surface area (Å²) in [6, 6.07) is 6.60. The van der Waals surface area contributed by atoms with Crippen molar-refractivity contribution in [2.75, 3.05) is 50.9 Å². The number of anilines is 2. The topological polar surface area (TPSA) is 125 Å². The zero-order valence-electron chi connectivity index (χ0n) is 21.2. The SMILES string of the molecule is COc1nc(NC2CNC2)c2cc(Cl)c(-c3ccc(F)c4sc(N)nc34)c(F)c2n1.N#CCCN1CCCC1. The van der Waals surface area contributed by atoms with Crippen LogP contribution in [-0.2, 0) is 0 Å². The van der Waals surface area contributed by atoms with E-state index in [1.54, 1.807) is 6.07 Å². The van der Waals surface area contributed by atoms with Gasteiger partial charge in [0.25, 0.3) is 0 Å². The summed E-state index contributed by atoms with van der Waals surface area (Å²) in [5, 5.41) is 15.4. The van der Waals surface area contributed by atoms with Gasteiger partial charge in [0.05, 0.1) is 34.5 Å². The van der Waals surface area contributed by atoms with Gasteiger partial charge < -0.3 is 26.0 Å². The second-order valence-electron chi connectivity index (χ2n) is 9.28. The molecule has 39 heavy (non-hydrogen) atoms. The summed E-state index contributed by atoms with van der Waals surface area (Å²) in [5.41, 5.74) is 6.44. The van der Waals surface area contributed by atoms with E-state index in [9.17, 15) is 4.39 Å². The summed E-state index contributed by atoms with van der Waals surface area (Å²) in [4.78, 5) is 15.0. The van der Waals surface area contributed by atoms with Crippen molar-refractivity contribution in [2.24, 2.45) is 0 Å². The number of nitriles is 1. The number of halogens is 3. The van der Waals surface area contributed by atoms with Gasteiger partial charge in [-0.05, 0) is 44.1 Å². The Morgan fingerprint density at radius 3 is 2.67 bits per heavy atom. The predicted molar refractivity (Wildman–Crippen MR) is 150 cm³/mol. The summed E-state index contributed by atoms with van der Waals surface area (Å²) >= 11 is 7.50. The molecular formula is C26H27ClF2N8OS. The first-order valence-electron chi connectivity index (χ1n) is 12.5. The molecule has 0 saturated carbocycles. The molecule has 2 saturated heterocycles. The second-order valence-corrected chi connectivity index (χ2v) is 10.7. The maximum absolute atomic E-state index is 15.8. The van der Waals surface area contributed by atoms with Crippen molar-refractivity contribution < 1.29 is 13.5 Å². The molecule has 0 radical (unpaired) electrons. The Morgan fingerprint density at radius 2 is 2.00 bits per heavy atom. The van der Waals surface area contributed by atoms with Gasteiger partial charge in [-0.15, -0.1) is 0 Å². The van der Waals surface area contributed by atoms with E-state index in [-0.39, 0.29) is 43.5 Å². The van der Waals surface area contributed by atoms with E-state index >= 15 is 4.39 Å². The molecule has 0 amide bonds. The highest BCUT2D eigenvalue weighted by molar-refractivity contribution is 7.22. The quantitative estimate of drug-likeness (QED) is 0.298. The van der Waals surface area contributed by atoms with E-state index in [4.69, 9.17) is 27.3 Å². The number of aromatic nitrogens is 3. The zero-order valence-corrected chi connectivity index (χ0v) is 22.8. The lowest BCUT2D eigenvalue weighted by molar-refractivity contribution is 0.347. The summed E-state index contributed by atoms with van der Waals surface area (Å²) in [6.07, 6.45) is 3.34. The van der Waals surface area contributed by atoms with Crippen LogP contribution in [-0.4, -0.2) is 65.7 Å². The van der Waals surface area contributed by atoms with E-state index in [0.717, 1.165) is 31.0 Å². The molecule has 9 nitrogen and oxygen atoms in total. The Bertz CT molecular complexity index is 1550. The normalized spacial score (nSPS) is 15.6. The Labute approximate surface area is 232 Å². The van der Waals surface area contributed by atoms with Crippen LogP contribution in [0.25, 0.3) is 32.2 Å². The largest absolute Gasteiger partial charge is 0.467 e. The van der Waals surface area contributed by atoms with Gasteiger partial charge in [-0.25, -0.2) is 13.8 Å². The highest BCUT2D eigenvalue weighted by Crippen LogP contribution is 2.42. The van der Waals surface area contributed by atoms with E-state index in [2.05, 4.69) is 36.6 Å². The molecule has 4 aromatic rings. The minimum Gasteiger partial charge on any atom is -0.467 e. The van der Waals surface area contributed by atoms with Crippen LogP contribution in [0.1, 0.15) is 19.3 Å². The van der Waals surface area contributed by atoms with Gasteiger partial charge in [0, 0.05) is 42.6 Å². The van der Waals surface area contributed by atoms with Crippen LogP contribution in [0.5, 0.6) is 6.01 Å². The van der Waals surface area contributed by atoms with Crippen molar-refractivity contribution in [1.29, 1.82) is 5.26 Å². The van der Waals surface area contributed by atoms with Crippen LogP contribution >= 0.6 is 22.9 Å². The third-order valence-corrected chi connectivity index (χ3v) is 7.88. The van der Waals surface area contributed by atoms with Gasteiger partial charge in [-0.1, -0.05) is 22.9 Å². The Hall–Kier alpha value is -3.37. The number of fused-ring (bicyclic) bond motifs is 2. The molecule has 0 atom stereocenters. The van der Waals surface area contributed by atoms with Crippen molar-refractivity contribution in [2.45, 2.75) is 25.3 Å². The summed E-state index contributed by atoms with van der Waals surface area (Å²) < 4.78 is 35.4. The number of hydrogen-bond donors (Lipinski definition) is 3. The number of thiazole rings is 1. The average Bonchev–Trinajstić information content (AvgIpc) is 3.56. The number of nitrogens with zero attached hydrogens (tertiary/aromatic N) is 5. The van der Waals surface area contributed by atoms with Gasteiger partial charge in [-0.2, -0.15) is 15.2 Å². The Balaban J connectivity index is 0.000000292. The maximum atomic E-state index is 15.8. The van der Waals surface area contributed by atoms with Gasteiger partial charge >= 0.3 is 6.01 Å². The van der Waals surface area contributed by atoms with Crippen molar-refractivity contribution in [3.8, 4) is 23.2 Å². The highest BCUT2D eigenvalue weighted by atomic mass is 35.5. The van der Waals surface area contributed by atoms with Gasteiger partial charge in [0.2, 0.25) is 0 Å². The highest BCUT2D eigenvalue weighted by Gasteiger charge is 2.25. The van der Waals surface area contributed by atoms with Crippen molar-refractivity contribution in [1.82, 2.24) is 25.2 Å². The maximum Gasteiger partial charge on any atom is 0.318 e. The molecule has 6 rings (SSSR count). The molecular weight excluding hydrogens is 546 g/mol. The molecule has 0 aliphatic carbocycles. The third-order valence-electron chi connectivity index (χ3n) is 6.69. The van der Waals surface area contributed by atoms with Gasteiger partial charge in [0.15, 0.2) is 10.9 Å². The first kappa shape index (κ1) is 27.2. The summed E-state index contributed by atoms with van der Waals surface area (Å²) in [7, 11) is 1.41. The number of nitrogens with two attached hydrogens (primary N) is 1. The minimum absolute atomic E-state index is 0.0200. The first-order chi connectivity index (χ1) is 18.9. The zero-order chi connectivity index (χ0) is 27.5. The lowest BCUT2D eigenvalue weighted by Gasteiger charge is -2.29. The van der Waals surface area contributed by atoms with Crippen molar-refractivity contribution >= 4 is 55.0 Å². The van der Waals surface area contributed by atoms with E-state index in [0.29, 0.717) is 23.2 Å². The number of methoxy groups -OCH3 is 1. The number of hydrogen-bond acceptors (Lipinski definition) is 10. The Morgan fingerprint density at radius 1 is 1.23 bits per heavy atom. The molecule has 13 heteroatoms. The van der Waals surface area contributed by atoms with Crippen LogP contribution in [0.2, 0.25) is 5.02 Å². The van der Waals surface area contributed by atoms with E-state index in [1.165, 1.54) is 45.2 Å². The predicted octanol–water partition coefficient (Wildman–Crippen LogP) is 4.81. The molecule has 2 aliphatic rings. The molecule has 4 heterocycles. The van der Waals surface area contributed by atoms with Crippen molar-refractivity contribution in [3.05, 3.63) is 34.9 Å². The number of rotatable bonds is 6. The molecule has 2 aromatic heterocycles. The molecule has 0 spiro atoms. The minimum atomic E-state index is -0.674. The lowest BCUT2D eigenvalue weighted by atomic mass is 10.0. The first-order valence-corrected chi connectivity index (χ1v) is 13.7. The van der Waals surface area contributed by atoms with E-state index in [1.807, 2.05) is 0 Å². The van der Waals surface area contributed by atoms with Gasteiger partial charge in [-0.3, -0.25) is 0 Å². The summed E-state index contributed by atoms with van der Waals surface area (Å²) in [6.45, 7) is 4.93. The van der Waals surface area contributed by atoms with Crippen LogP contribution in [0.4, 0.5) is 19.7 Å². The standard InChI is InChI=1S/C19H15ClF2N6OS.C7H12N2/c1-29-19-27-14-9(17(28-19)25-7-5-24-6-7)4-10(20)12(13(14)22)8-2-3-11(21)16-15(8)26-18(23)30-16;8-4-3-7-9-5-1-2-6-9/h2-4,7,24H,5-6H2,1H3,(H2,23,26)(H,25,27,28);1-3,5-7H2. The Kier molecular flexibility index (Phi) is 8.23. The number of ether oxygens (including phenoxy) is 1. The average molecular weight is 573 g/mol. The fourth-order valence-corrected chi connectivity index (χ4v) is 5.67. The molecule has 0 bridgehead atoms. The van der Waals surface area contributed by atoms with Crippen molar-refractivity contribution in [3.63, 3.8) is 0 Å². The van der Waals surface area contributed by atoms with Crippen LogP contribution < -0.4 is 21.1 Å². The lowest BCUT2D eigenvalue weighted by Crippen LogP contribution is -2.51. The molecule has 2 aliphatic heterocycles. The fourth-order valence-electron chi connectivity index (χ4n) is 4.62. The monoisotopic (exact) mass is 572 g/mol. The van der Waals surface area contributed by atoms with Crippen LogP contribution in [0, 0.1) is 23.0 Å². The van der Waals surface area contributed by atoms with E-state index < -0.39 is 11.6 Å². The molecule has 2 aromatic carbocycles. The molecule has 204 valence electrons. The van der Waals surface area contributed by atoms with Gasteiger partial charge in [0.1, 0.15) is 17.2 Å². The number of likely N-dealkylation sites (tertiary alicyclic amines) is 1. The number of nitrogen functional groups attached to an aromatic ring is 1. The third kappa shape index (κ3) is 5.67. The summed E-state index contributed by atoms with van der Waals surface area (Å²) in [5.74, 6) is -0.727. The number of nitrogens with one attached hydrogen (secondary N) is 2. The second kappa shape index (κ2) is 11.8. The van der Waals surface area contributed by atoms with Crippen LogP contribution in [0.3, 0.4) is 0 Å².